The zero-order chi connectivity index (χ0) is 8.43. The highest BCUT2D eigenvalue weighted by atomic mass is 16.6. The molecule has 62 valence electrons. The molecule has 0 saturated heterocycles. The van der Waals surface area contributed by atoms with Crippen LogP contribution in [0.3, 0.4) is 0 Å². The van der Waals surface area contributed by atoms with Gasteiger partial charge >= 0.3 is 0 Å². The fourth-order valence-corrected chi connectivity index (χ4v) is 0.716. The van der Waals surface area contributed by atoms with Crippen molar-refractivity contribution in [3.8, 4) is 0 Å². The minimum Gasteiger partial charge on any atom is -0.627 e. The highest BCUT2D eigenvalue weighted by Crippen LogP contribution is 2.08. The van der Waals surface area contributed by atoms with Crippen LogP contribution < -0.4 is 10.1 Å². The van der Waals surface area contributed by atoms with Gasteiger partial charge in [-0.25, -0.2) is 0 Å². The lowest BCUT2D eigenvalue weighted by Crippen LogP contribution is -2.99. The normalized spacial score (nSPS) is 16.4. The van der Waals surface area contributed by atoms with Crippen molar-refractivity contribution in [1.29, 1.82) is 0 Å². The summed E-state index contributed by atoms with van der Waals surface area (Å²) in [6, 6.07) is 3.00. The number of nitrogens with one attached hydrogen (secondary N) is 2. The number of quaternary nitrogens is 2. The molecule has 2 N–H and O–H groups in total. The second-order valence-electron chi connectivity index (χ2n) is 2.28. The lowest BCUT2D eigenvalue weighted by Gasteiger charge is -2.12. The molecule has 0 aromatic carbocycles. The van der Waals surface area contributed by atoms with Gasteiger partial charge in [0.2, 0.25) is 0 Å². The fourth-order valence-electron chi connectivity index (χ4n) is 0.716. The van der Waals surface area contributed by atoms with Crippen molar-refractivity contribution >= 4 is 11.8 Å². The smallest absolute Gasteiger partial charge is 0.299 e. The fraction of sp³-hybridized carbons (Fsp3) is 0.333. The van der Waals surface area contributed by atoms with Crippen molar-refractivity contribution in [1.82, 2.24) is 0 Å². The Labute approximate surface area is 64.0 Å². The first kappa shape index (κ1) is 8.22. The monoisotopic (exact) mass is 158 g/mol. The average Bonchev–Trinajstić information content (AvgIpc) is 2.33. The molecule has 11 heavy (non-hydrogen) atoms. The van der Waals surface area contributed by atoms with Gasteiger partial charge in [-0.15, -0.1) is 0 Å². The van der Waals surface area contributed by atoms with Gasteiger partial charge in [0, 0.05) is 12.1 Å². The van der Waals surface area contributed by atoms with Crippen LogP contribution in [-0.4, -0.2) is 14.1 Å². The van der Waals surface area contributed by atoms with Crippen LogP contribution in [0.5, 0.6) is 0 Å². The molecule has 5 nitrogen and oxygen atoms in total. The zero-order valence-electron chi connectivity index (χ0n) is 6.38. The van der Waals surface area contributed by atoms with Crippen LogP contribution in [0.1, 0.15) is 0 Å². The van der Waals surface area contributed by atoms with E-state index in [1.165, 1.54) is 26.2 Å². The molecule has 2 unspecified atom stereocenters. The third-order valence-corrected chi connectivity index (χ3v) is 1.30. The van der Waals surface area contributed by atoms with Crippen LogP contribution in [0.15, 0.2) is 16.5 Å². The van der Waals surface area contributed by atoms with Gasteiger partial charge in [0.05, 0.1) is 14.1 Å². The largest absolute Gasteiger partial charge is 0.627 e. The lowest BCUT2D eigenvalue weighted by molar-refractivity contribution is -0.775. The van der Waals surface area contributed by atoms with E-state index in [2.05, 4.69) is 0 Å². The molecular weight excluding hydrogens is 148 g/mol. The van der Waals surface area contributed by atoms with Gasteiger partial charge in [-0.3, -0.25) is 0 Å². The highest BCUT2D eigenvalue weighted by molar-refractivity contribution is 5.24. The molecule has 0 spiro atoms. The maximum atomic E-state index is 10.7. The summed E-state index contributed by atoms with van der Waals surface area (Å²) >= 11 is 0. The summed E-state index contributed by atoms with van der Waals surface area (Å²) in [5.41, 5.74) is 0. The number of hydrogen-bond donors (Lipinski definition) is 2. The SMILES string of the molecule is C[NH+]([O-])c1ccc([NH+](C)[O-])o1. The Balaban J connectivity index is 2.82. The average molecular weight is 158 g/mol. The van der Waals surface area contributed by atoms with E-state index in [9.17, 15) is 10.4 Å². The van der Waals surface area contributed by atoms with Crippen LogP contribution in [0, 0.1) is 10.4 Å². The molecule has 0 bridgehead atoms. The van der Waals surface area contributed by atoms with Crippen LogP contribution in [-0.2, 0) is 0 Å². The topological polar surface area (TPSA) is 68.1 Å². The molecular formula is C6H10N2O3. The van der Waals surface area contributed by atoms with Gasteiger partial charge in [-0.1, -0.05) is 0 Å². The first-order valence-electron chi connectivity index (χ1n) is 3.23. The molecule has 1 heterocycles. The Kier molecular flexibility index (Phi) is 2.25. The minimum absolute atomic E-state index is 0.169. The summed E-state index contributed by atoms with van der Waals surface area (Å²) in [5, 5.41) is 21.0. The molecule has 0 aliphatic carbocycles. The third-order valence-electron chi connectivity index (χ3n) is 1.30. The summed E-state index contributed by atoms with van der Waals surface area (Å²) in [6.07, 6.45) is 0. The number of hydroxylamine groups is 2. The van der Waals surface area contributed by atoms with Crippen molar-refractivity contribution in [3.63, 3.8) is 0 Å². The Morgan fingerprint density at radius 2 is 1.45 bits per heavy atom. The second kappa shape index (κ2) is 3.02. The molecule has 0 amide bonds. The van der Waals surface area contributed by atoms with E-state index in [-0.39, 0.29) is 21.9 Å². The predicted molar refractivity (Wildman–Crippen MR) is 38.5 cm³/mol. The van der Waals surface area contributed by atoms with Gasteiger partial charge in [0.25, 0.3) is 11.8 Å². The van der Waals surface area contributed by atoms with Crippen molar-refractivity contribution in [2.45, 2.75) is 0 Å². The first-order chi connectivity index (χ1) is 5.11. The van der Waals surface area contributed by atoms with E-state index >= 15 is 0 Å². The van der Waals surface area contributed by atoms with Crippen LogP contribution in [0.4, 0.5) is 11.8 Å². The minimum atomic E-state index is -0.169. The number of furan rings is 1. The highest BCUT2D eigenvalue weighted by Gasteiger charge is 2.07. The molecule has 0 fully saturated rings. The summed E-state index contributed by atoms with van der Waals surface area (Å²) in [4.78, 5) is 0. The number of hydrogen-bond acceptors (Lipinski definition) is 3. The molecule has 0 aliphatic rings. The Hall–Kier alpha value is -0.880. The predicted octanol–water partition coefficient (Wildman–Crippen LogP) is -1.43. The Bertz CT molecular complexity index is 209. The van der Waals surface area contributed by atoms with Gasteiger partial charge < -0.3 is 25.0 Å². The van der Waals surface area contributed by atoms with E-state index in [0.29, 0.717) is 0 Å². The van der Waals surface area contributed by atoms with Crippen LogP contribution in [0.2, 0.25) is 0 Å². The quantitative estimate of drug-likeness (QED) is 0.518. The summed E-state index contributed by atoms with van der Waals surface area (Å²) in [5.74, 6) is 0.463. The zero-order valence-corrected chi connectivity index (χ0v) is 6.38. The van der Waals surface area contributed by atoms with E-state index in [4.69, 9.17) is 4.42 Å². The Morgan fingerprint density at radius 3 is 1.64 bits per heavy atom. The van der Waals surface area contributed by atoms with E-state index in [1.807, 2.05) is 0 Å². The van der Waals surface area contributed by atoms with Gasteiger partial charge in [-0.2, -0.15) is 0 Å². The molecule has 0 saturated carbocycles. The first-order valence-corrected chi connectivity index (χ1v) is 3.23. The maximum Gasteiger partial charge on any atom is 0.299 e. The number of rotatable bonds is 2. The van der Waals surface area contributed by atoms with Crippen molar-refractivity contribution < 1.29 is 14.5 Å². The van der Waals surface area contributed by atoms with E-state index < -0.39 is 0 Å². The summed E-state index contributed by atoms with van der Waals surface area (Å²) in [6.45, 7) is 0. The summed E-state index contributed by atoms with van der Waals surface area (Å²) in [7, 11) is 2.78. The molecule has 1 rings (SSSR count). The van der Waals surface area contributed by atoms with Gasteiger partial charge in [-0.05, 0) is 0 Å². The second-order valence-corrected chi connectivity index (χ2v) is 2.28. The lowest BCUT2D eigenvalue weighted by atomic mass is 10.6. The molecule has 5 heteroatoms. The van der Waals surface area contributed by atoms with Gasteiger partial charge in [0.15, 0.2) is 0 Å². The molecule has 1 aromatic rings. The van der Waals surface area contributed by atoms with Crippen molar-refractivity contribution in [2.24, 2.45) is 0 Å². The van der Waals surface area contributed by atoms with Crippen LogP contribution >= 0.6 is 0 Å². The maximum absolute atomic E-state index is 10.7. The van der Waals surface area contributed by atoms with Crippen molar-refractivity contribution in [2.75, 3.05) is 14.1 Å². The molecule has 2 atom stereocenters. The standard InChI is InChI=1S/C6H10N2O3/c1-7(9)5-3-4-6(11-5)8(2)10/h3-4,7-8H,1-2H3. The van der Waals surface area contributed by atoms with E-state index in [0.717, 1.165) is 0 Å². The van der Waals surface area contributed by atoms with Gasteiger partial charge in [0.1, 0.15) is 0 Å². The Morgan fingerprint density at radius 1 is 1.09 bits per heavy atom. The molecule has 1 aromatic heterocycles. The molecule has 0 radical (unpaired) electrons. The van der Waals surface area contributed by atoms with E-state index in [1.54, 1.807) is 0 Å². The van der Waals surface area contributed by atoms with Crippen molar-refractivity contribution in [3.05, 3.63) is 22.5 Å². The molecule has 0 aliphatic heterocycles. The van der Waals surface area contributed by atoms with Crippen LogP contribution in [0.25, 0.3) is 0 Å². The summed E-state index contributed by atoms with van der Waals surface area (Å²) < 4.78 is 4.91. The third kappa shape index (κ3) is 1.78.